The average Bonchev–Trinajstić information content (AvgIpc) is 2.81. The number of carboxylic acids is 1. The van der Waals surface area contributed by atoms with Gasteiger partial charge in [0.15, 0.2) is 0 Å². The van der Waals surface area contributed by atoms with E-state index in [9.17, 15) is 19.1 Å². The van der Waals surface area contributed by atoms with Crippen LogP contribution in [0.2, 0.25) is 5.02 Å². The van der Waals surface area contributed by atoms with E-state index in [2.05, 4.69) is 5.32 Å². The van der Waals surface area contributed by atoms with Crippen LogP contribution in [0.5, 0.6) is 11.5 Å². The van der Waals surface area contributed by atoms with Crippen LogP contribution < -0.4 is 14.8 Å². The van der Waals surface area contributed by atoms with Crippen LogP contribution in [0.4, 0.5) is 4.39 Å². The van der Waals surface area contributed by atoms with E-state index in [4.69, 9.17) is 21.1 Å². The molecule has 0 aromatic heterocycles. The van der Waals surface area contributed by atoms with Crippen LogP contribution in [0.3, 0.4) is 0 Å². The predicted molar refractivity (Wildman–Crippen MR) is 124 cm³/mol. The number of nitrogens with one attached hydrogen (secondary N) is 1. The molecule has 0 radical (unpaired) electrons. The molecular weight excluding hydrogens is 449 g/mol. The maximum absolute atomic E-state index is 13.8. The lowest BCUT2D eigenvalue weighted by Gasteiger charge is -2.13. The van der Waals surface area contributed by atoms with Crippen molar-refractivity contribution in [3.63, 3.8) is 0 Å². The molecule has 3 aromatic carbocycles. The van der Waals surface area contributed by atoms with Crippen molar-refractivity contribution >= 4 is 23.5 Å². The summed E-state index contributed by atoms with van der Waals surface area (Å²) in [5.74, 6) is -1.40. The number of benzene rings is 3. The summed E-state index contributed by atoms with van der Waals surface area (Å²) in [5.41, 5.74) is 1.72. The second-order valence-electron chi connectivity index (χ2n) is 7.20. The highest BCUT2D eigenvalue weighted by Gasteiger charge is 2.15. The number of amides is 1. The maximum Gasteiger partial charge on any atom is 0.338 e. The third-order valence-electron chi connectivity index (χ3n) is 4.91. The summed E-state index contributed by atoms with van der Waals surface area (Å²) in [6.07, 6.45) is 0.857. The summed E-state index contributed by atoms with van der Waals surface area (Å²) in [5, 5.41) is 12.3. The van der Waals surface area contributed by atoms with Gasteiger partial charge < -0.3 is 19.9 Å². The minimum absolute atomic E-state index is 0.132. The largest absolute Gasteiger partial charge is 0.496 e. The smallest absolute Gasteiger partial charge is 0.338 e. The molecule has 3 rings (SSSR count). The lowest BCUT2D eigenvalue weighted by Crippen LogP contribution is -2.23. The Balaban J connectivity index is 1.80. The number of aromatic carboxylic acids is 1. The third-order valence-corrected chi connectivity index (χ3v) is 5.22. The first kappa shape index (κ1) is 24.1. The van der Waals surface area contributed by atoms with Gasteiger partial charge in [-0.3, -0.25) is 4.79 Å². The summed E-state index contributed by atoms with van der Waals surface area (Å²) in [4.78, 5) is 24.0. The van der Waals surface area contributed by atoms with Crippen molar-refractivity contribution in [2.75, 3.05) is 13.7 Å². The van der Waals surface area contributed by atoms with Gasteiger partial charge in [0, 0.05) is 12.1 Å². The van der Waals surface area contributed by atoms with E-state index in [0.29, 0.717) is 40.4 Å². The first-order valence-corrected chi connectivity index (χ1v) is 10.6. The van der Waals surface area contributed by atoms with E-state index in [1.165, 1.54) is 19.2 Å². The fourth-order valence-corrected chi connectivity index (χ4v) is 3.48. The van der Waals surface area contributed by atoms with E-state index < -0.39 is 17.3 Å². The number of hydrogen-bond acceptors (Lipinski definition) is 4. The topological polar surface area (TPSA) is 84.9 Å². The Morgan fingerprint density at radius 3 is 2.42 bits per heavy atom. The maximum atomic E-state index is 13.8. The molecule has 2 N–H and O–H groups in total. The van der Waals surface area contributed by atoms with Gasteiger partial charge in [-0.05, 0) is 60.0 Å². The molecule has 0 aliphatic rings. The Hall–Kier alpha value is -3.58. The lowest BCUT2D eigenvalue weighted by molar-refractivity contribution is 0.0691. The molecule has 172 valence electrons. The van der Waals surface area contributed by atoms with Gasteiger partial charge in [-0.1, -0.05) is 30.7 Å². The summed E-state index contributed by atoms with van der Waals surface area (Å²) in [6.45, 7) is 2.68. The van der Waals surface area contributed by atoms with E-state index in [-0.39, 0.29) is 17.5 Å². The highest BCUT2D eigenvalue weighted by molar-refractivity contribution is 6.34. The molecule has 0 saturated heterocycles. The fraction of sp³-hybridized carbons (Fsp3) is 0.200. The molecular formula is C25H23ClFNO5. The number of methoxy groups -OCH3 is 1. The summed E-state index contributed by atoms with van der Waals surface area (Å²) in [7, 11) is 1.51. The first-order chi connectivity index (χ1) is 15.8. The third kappa shape index (κ3) is 5.81. The van der Waals surface area contributed by atoms with Crippen LogP contribution in [-0.4, -0.2) is 30.7 Å². The summed E-state index contributed by atoms with van der Waals surface area (Å²) < 4.78 is 24.7. The van der Waals surface area contributed by atoms with Crippen LogP contribution in [0.1, 0.15) is 39.6 Å². The Labute approximate surface area is 195 Å². The van der Waals surface area contributed by atoms with Gasteiger partial charge >= 0.3 is 5.97 Å². The van der Waals surface area contributed by atoms with Crippen molar-refractivity contribution < 1.29 is 28.6 Å². The Bertz CT molecular complexity index is 1180. The molecule has 0 saturated carbocycles. The normalized spacial score (nSPS) is 10.5. The molecule has 0 atom stereocenters. The van der Waals surface area contributed by atoms with Crippen LogP contribution in [0.25, 0.3) is 11.1 Å². The minimum Gasteiger partial charge on any atom is -0.496 e. The fourth-order valence-electron chi connectivity index (χ4n) is 3.23. The monoisotopic (exact) mass is 471 g/mol. The number of carboxylic acid groups (broad SMARTS) is 1. The van der Waals surface area contributed by atoms with E-state index in [1.807, 2.05) is 6.92 Å². The van der Waals surface area contributed by atoms with Gasteiger partial charge in [0.1, 0.15) is 17.3 Å². The molecule has 1 amide bonds. The van der Waals surface area contributed by atoms with Gasteiger partial charge in [-0.25, -0.2) is 9.18 Å². The molecule has 33 heavy (non-hydrogen) atoms. The minimum atomic E-state index is -1.35. The van der Waals surface area contributed by atoms with Crippen LogP contribution in [0, 0.1) is 5.82 Å². The number of carbonyl (C=O) groups is 2. The molecule has 0 spiro atoms. The number of halogens is 2. The van der Waals surface area contributed by atoms with Crippen molar-refractivity contribution in [1.29, 1.82) is 0 Å². The van der Waals surface area contributed by atoms with Crippen LogP contribution in [-0.2, 0) is 6.54 Å². The Morgan fingerprint density at radius 2 is 1.76 bits per heavy atom. The molecule has 0 heterocycles. The zero-order chi connectivity index (χ0) is 24.0. The van der Waals surface area contributed by atoms with Gasteiger partial charge in [0.25, 0.3) is 5.91 Å². The van der Waals surface area contributed by atoms with Crippen molar-refractivity contribution in [2.24, 2.45) is 0 Å². The van der Waals surface area contributed by atoms with E-state index in [0.717, 1.165) is 12.5 Å². The van der Waals surface area contributed by atoms with Gasteiger partial charge in [0.05, 0.1) is 29.9 Å². The zero-order valence-electron chi connectivity index (χ0n) is 18.2. The zero-order valence-corrected chi connectivity index (χ0v) is 18.9. The molecule has 0 aliphatic heterocycles. The van der Waals surface area contributed by atoms with E-state index >= 15 is 0 Å². The lowest BCUT2D eigenvalue weighted by atomic mass is 10.00. The number of rotatable bonds is 9. The molecule has 6 nitrogen and oxygen atoms in total. The standard InChI is InChI=1S/C25H23ClFNO5/c1-3-10-33-18-6-7-19(21(26)13-18)24(29)28-14-17-11-15(5-9-23(17)32-2)16-4-8-22(27)20(12-16)25(30)31/h4-9,11-13H,3,10,14H2,1-2H3,(H,28,29)(H,30,31). The molecule has 0 aliphatic carbocycles. The second kappa shape index (κ2) is 10.8. The second-order valence-corrected chi connectivity index (χ2v) is 7.61. The molecule has 0 unspecified atom stereocenters. The van der Waals surface area contributed by atoms with Gasteiger partial charge in [0.2, 0.25) is 0 Å². The number of carbonyl (C=O) groups excluding carboxylic acids is 1. The Kier molecular flexibility index (Phi) is 7.90. The first-order valence-electron chi connectivity index (χ1n) is 10.2. The number of ether oxygens (including phenoxy) is 2. The highest BCUT2D eigenvalue weighted by atomic mass is 35.5. The molecule has 3 aromatic rings. The average molecular weight is 472 g/mol. The summed E-state index contributed by atoms with van der Waals surface area (Å²) >= 11 is 6.26. The van der Waals surface area contributed by atoms with E-state index in [1.54, 1.807) is 36.4 Å². The SMILES string of the molecule is CCCOc1ccc(C(=O)NCc2cc(-c3ccc(F)c(C(=O)O)c3)ccc2OC)c(Cl)c1. The molecule has 0 fully saturated rings. The van der Waals surface area contributed by atoms with Crippen molar-refractivity contribution in [2.45, 2.75) is 19.9 Å². The van der Waals surface area contributed by atoms with Crippen molar-refractivity contribution in [1.82, 2.24) is 5.32 Å². The van der Waals surface area contributed by atoms with Crippen molar-refractivity contribution in [3.05, 3.63) is 82.1 Å². The molecule has 8 heteroatoms. The number of hydrogen-bond donors (Lipinski definition) is 2. The quantitative estimate of drug-likeness (QED) is 0.426. The van der Waals surface area contributed by atoms with Gasteiger partial charge in [-0.2, -0.15) is 0 Å². The molecule has 0 bridgehead atoms. The van der Waals surface area contributed by atoms with Gasteiger partial charge in [-0.15, -0.1) is 0 Å². The van der Waals surface area contributed by atoms with Crippen LogP contribution in [0.15, 0.2) is 54.6 Å². The summed E-state index contributed by atoms with van der Waals surface area (Å²) in [6, 6.07) is 13.9. The van der Waals surface area contributed by atoms with Crippen molar-refractivity contribution in [3.8, 4) is 22.6 Å². The highest BCUT2D eigenvalue weighted by Crippen LogP contribution is 2.29. The predicted octanol–water partition coefficient (Wildman–Crippen LogP) is 5.57. The Morgan fingerprint density at radius 1 is 1.03 bits per heavy atom. The van der Waals surface area contributed by atoms with Crippen LogP contribution >= 0.6 is 11.6 Å².